The number of aliphatic hydroxyl groups is 1. The molecule has 4 rings (SSSR count). The second-order valence-corrected chi connectivity index (χ2v) is 9.00. The first-order chi connectivity index (χ1) is 16.6. The molecule has 0 aliphatic carbocycles. The van der Waals surface area contributed by atoms with Gasteiger partial charge in [0.25, 0.3) is 0 Å². The van der Waals surface area contributed by atoms with Gasteiger partial charge < -0.3 is 14.7 Å². The number of para-hydroxylation sites is 1. The topological polar surface area (TPSA) is 53.0 Å². The highest BCUT2D eigenvalue weighted by molar-refractivity contribution is 5.98. The van der Waals surface area contributed by atoms with Crippen molar-refractivity contribution in [1.82, 2.24) is 4.90 Å². The van der Waals surface area contributed by atoms with Crippen LogP contribution in [0.2, 0.25) is 0 Å². The highest BCUT2D eigenvalue weighted by Crippen LogP contribution is 2.21. The van der Waals surface area contributed by atoms with Crippen LogP contribution in [-0.2, 0) is 6.42 Å². The van der Waals surface area contributed by atoms with Crippen LogP contribution in [0, 0.1) is 6.92 Å². The van der Waals surface area contributed by atoms with Gasteiger partial charge >= 0.3 is 0 Å². The number of ketones is 1. The molecule has 1 unspecified atom stereocenters. The zero-order chi connectivity index (χ0) is 23.8. The molecule has 186 valence electrons. The number of hydrogen-bond donors (Lipinski definition) is 1. The number of ether oxygens (including phenoxy) is 1. The van der Waals surface area contributed by atoms with Gasteiger partial charge in [-0.1, -0.05) is 54.6 Å². The number of benzene rings is 3. The number of rotatable bonds is 10. The number of hydrogen-bond acceptors (Lipinski definition) is 5. The van der Waals surface area contributed by atoms with E-state index in [-0.39, 0.29) is 24.8 Å². The number of anilines is 1. The molecule has 1 aliphatic heterocycles. The Labute approximate surface area is 214 Å². The lowest BCUT2D eigenvalue weighted by Crippen LogP contribution is -2.49. The van der Waals surface area contributed by atoms with Crippen molar-refractivity contribution in [2.75, 3.05) is 44.2 Å². The van der Waals surface area contributed by atoms with E-state index < -0.39 is 6.10 Å². The third kappa shape index (κ3) is 7.82. The molecule has 1 fully saturated rings. The first-order valence-electron chi connectivity index (χ1n) is 12.1. The molecule has 0 radical (unpaired) electrons. The molecular weight excluding hydrogens is 460 g/mol. The van der Waals surface area contributed by atoms with Crippen LogP contribution in [-0.4, -0.2) is 61.2 Å². The van der Waals surface area contributed by atoms with Gasteiger partial charge in [0.15, 0.2) is 5.78 Å². The molecule has 3 aromatic carbocycles. The Bertz CT molecular complexity index is 1070. The predicted octanol–water partition coefficient (Wildman–Crippen LogP) is 4.79. The van der Waals surface area contributed by atoms with E-state index in [0.29, 0.717) is 30.7 Å². The maximum absolute atomic E-state index is 12.8. The number of nitrogens with zero attached hydrogens (tertiary/aromatic N) is 2. The van der Waals surface area contributed by atoms with E-state index in [9.17, 15) is 9.90 Å². The van der Waals surface area contributed by atoms with E-state index >= 15 is 0 Å². The fraction of sp³-hybridized carbons (Fsp3) is 0.345. The number of piperazine rings is 1. The summed E-state index contributed by atoms with van der Waals surface area (Å²) in [5.74, 6) is 0.602. The lowest BCUT2D eigenvalue weighted by atomic mass is 10.0. The smallest absolute Gasteiger partial charge is 0.166 e. The first kappa shape index (κ1) is 26.7. The van der Waals surface area contributed by atoms with Gasteiger partial charge in [0, 0.05) is 44.8 Å². The lowest BCUT2D eigenvalue weighted by Gasteiger charge is -2.37. The number of carbonyl (C=O) groups is 1. The van der Waals surface area contributed by atoms with Gasteiger partial charge in [-0.2, -0.15) is 0 Å². The van der Waals surface area contributed by atoms with E-state index in [4.69, 9.17) is 4.74 Å². The van der Waals surface area contributed by atoms with Gasteiger partial charge in [0.05, 0.1) is 5.56 Å². The molecule has 0 bridgehead atoms. The van der Waals surface area contributed by atoms with Crippen molar-refractivity contribution < 1.29 is 14.6 Å². The molecule has 1 atom stereocenters. The third-order valence-electron chi connectivity index (χ3n) is 6.31. The summed E-state index contributed by atoms with van der Waals surface area (Å²) in [6.07, 6.45) is 0.515. The Morgan fingerprint density at radius 1 is 0.943 bits per heavy atom. The fourth-order valence-electron chi connectivity index (χ4n) is 4.41. The Morgan fingerprint density at radius 3 is 2.40 bits per heavy atom. The van der Waals surface area contributed by atoms with Crippen molar-refractivity contribution in [3.8, 4) is 5.75 Å². The summed E-state index contributed by atoms with van der Waals surface area (Å²) in [6, 6.07) is 25.9. The highest BCUT2D eigenvalue weighted by atomic mass is 35.5. The second kappa shape index (κ2) is 13.3. The second-order valence-electron chi connectivity index (χ2n) is 9.00. The summed E-state index contributed by atoms with van der Waals surface area (Å²) in [5.41, 5.74) is 4.26. The molecule has 0 aromatic heterocycles. The molecular formula is C29H35ClN2O3. The van der Waals surface area contributed by atoms with E-state index in [2.05, 4.69) is 41.0 Å². The van der Waals surface area contributed by atoms with Crippen LogP contribution in [0.5, 0.6) is 5.75 Å². The standard InChI is InChI=1S/C29H34N2O3.ClH/c1-23-8-7-11-25(20-23)31-18-16-30(17-19-31)21-26(32)22-34-29-13-6-5-12-27(29)28(33)15-14-24-9-3-2-4-10-24;/h2-13,20,26,32H,14-19,21-22H2,1H3;1H. The van der Waals surface area contributed by atoms with Gasteiger partial charge in [-0.05, 0) is 48.7 Å². The summed E-state index contributed by atoms with van der Waals surface area (Å²) < 4.78 is 5.91. The summed E-state index contributed by atoms with van der Waals surface area (Å²) in [7, 11) is 0. The summed E-state index contributed by atoms with van der Waals surface area (Å²) >= 11 is 0. The summed E-state index contributed by atoms with van der Waals surface area (Å²) in [5, 5.41) is 10.6. The minimum atomic E-state index is -0.613. The van der Waals surface area contributed by atoms with Crippen LogP contribution in [0.1, 0.15) is 27.9 Å². The SMILES string of the molecule is Cc1cccc(N2CCN(CC(O)COc3ccccc3C(=O)CCc3ccccc3)CC2)c1.Cl. The van der Waals surface area contributed by atoms with E-state index in [1.54, 1.807) is 6.07 Å². The van der Waals surface area contributed by atoms with E-state index in [1.165, 1.54) is 11.3 Å². The van der Waals surface area contributed by atoms with Crippen molar-refractivity contribution >= 4 is 23.9 Å². The molecule has 1 heterocycles. The van der Waals surface area contributed by atoms with Gasteiger partial charge in [-0.25, -0.2) is 0 Å². The molecule has 3 aromatic rings. The Hall–Kier alpha value is -2.86. The largest absolute Gasteiger partial charge is 0.490 e. The first-order valence-corrected chi connectivity index (χ1v) is 12.1. The number of carbonyl (C=O) groups excluding carboxylic acids is 1. The zero-order valence-corrected chi connectivity index (χ0v) is 21.1. The highest BCUT2D eigenvalue weighted by Gasteiger charge is 2.20. The Morgan fingerprint density at radius 2 is 1.66 bits per heavy atom. The number of β-amino-alcohol motifs (C(OH)–C–C–N with tert-alkyl or cyclic N) is 1. The van der Waals surface area contributed by atoms with E-state index in [1.807, 2.05) is 48.5 Å². The molecule has 0 amide bonds. The number of Topliss-reactive ketones (excluding diaryl/α,β-unsaturated/α-hetero) is 1. The van der Waals surface area contributed by atoms with Crippen molar-refractivity contribution in [3.05, 3.63) is 95.6 Å². The van der Waals surface area contributed by atoms with Crippen LogP contribution in [0.4, 0.5) is 5.69 Å². The number of aryl methyl sites for hydroxylation is 2. The molecule has 1 saturated heterocycles. The average Bonchev–Trinajstić information content (AvgIpc) is 2.87. The van der Waals surface area contributed by atoms with Gasteiger partial charge in [-0.15, -0.1) is 12.4 Å². The monoisotopic (exact) mass is 494 g/mol. The number of halogens is 1. The fourth-order valence-corrected chi connectivity index (χ4v) is 4.41. The molecule has 6 heteroatoms. The molecule has 35 heavy (non-hydrogen) atoms. The van der Waals surface area contributed by atoms with Crippen molar-refractivity contribution in [2.45, 2.75) is 25.9 Å². The zero-order valence-electron chi connectivity index (χ0n) is 20.3. The summed E-state index contributed by atoms with van der Waals surface area (Å²) in [4.78, 5) is 17.5. The van der Waals surface area contributed by atoms with Crippen LogP contribution in [0.3, 0.4) is 0 Å². The van der Waals surface area contributed by atoms with Crippen LogP contribution in [0.15, 0.2) is 78.9 Å². The van der Waals surface area contributed by atoms with E-state index in [0.717, 1.165) is 31.7 Å². The van der Waals surface area contributed by atoms with Gasteiger partial charge in [-0.3, -0.25) is 9.69 Å². The maximum atomic E-state index is 12.8. The molecule has 0 spiro atoms. The molecule has 1 N–H and O–H groups in total. The molecule has 5 nitrogen and oxygen atoms in total. The minimum Gasteiger partial charge on any atom is -0.490 e. The van der Waals surface area contributed by atoms with Crippen LogP contribution < -0.4 is 9.64 Å². The Balaban J connectivity index is 0.00000342. The quantitative estimate of drug-likeness (QED) is 0.410. The number of aliphatic hydroxyl groups excluding tert-OH is 1. The summed E-state index contributed by atoms with van der Waals surface area (Å²) in [6.45, 7) is 6.53. The van der Waals surface area contributed by atoms with Crippen molar-refractivity contribution in [2.24, 2.45) is 0 Å². The molecule has 0 saturated carbocycles. The lowest BCUT2D eigenvalue weighted by molar-refractivity contribution is 0.0655. The van der Waals surface area contributed by atoms with Crippen LogP contribution in [0.25, 0.3) is 0 Å². The third-order valence-corrected chi connectivity index (χ3v) is 6.31. The van der Waals surface area contributed by atoms with Crippen LogP contribution >= 0.6 is 12.4 Å². The van der Waals surface area contributed by atoms with Crippen molar-refractivity contribution in [1.29, 1.82) is 0 Å². The van der Waals surface area contributed by atoms with Crippen molar-refractivity contribution in [3.63, 3.8) is 0 Å². The van der Waals surface area contributed by atoms with Gasteiger partial charge in [0.2, 0.25) is 0 Å². The van der Waals surface area contributed by atoms with Gasteiger partial charge in [0.1, 0.15) is 18.5 Å². The Kier molecular flexibility index (Phi) is 10.2. The average molecular weight is 495 g/mol. The predicted molar refractivity (Wildman–Crippen MR) is 144 cm³/mol. The maximum Gasteiger partial charge on any atom is 0.166 e. The molecule has 1 aliphatic rings. The normalized spacial score (nSPS) is 14.7. The minimum absolute atomic E-state index is 0.